The second-order valence-electron chi connectivity index (χ2n) is 5.09. The number of benzene rings is 1. The Morgan fingerprint density at radius 3 is 2.06 bits per heavy atom. The average molecular weight is 360 g/mol. The summed E-state index contributed by atoms with van der Waals surface area (Å²) in [5.41, 5.74) is 1.54. The molecule has 0 atom stereocenters. The molecule has 2 heteroatoms. The molecule has 1 aromatic carbocycles. The summed E-state index contributed by atoms with van der Waals surface area (Å²) in [6.07, 6.45) is 5.51. The fourth-order valence-electron chi connectivity index (χ4n) is 2.94. The number of hydrogen-bond acceptors (Lipinski definition) is 0. The molecule has 0 nitrogen and oxygen atoms in total. The summed E-state index contributed by atoms with van der Waals surface area (Å²) < 4.78 is 0. The molecule has 0 N–H and O–H groups in total. The molecule has 0 unspecified atom stereocenters. The maximum atomic E-state index is 3.64. The lowest BCUT2D eigenvalue weighted by molar-refractivity contribution is 0.266. The zero-order chi connectivity index (χ0) is 12.1. The van der Waals surface area contributed by atoms with Crippen LogP contribution in [0.1, 0.15) is 37.2 Å². The zero-order valence-electron chi connectivity index (χ0n) is 10.1. The first-order valence-corrected chi connectivity index (χ1v) is 8.76. The molecule has 94 valence electrons. The third kappa shape index (κ3) is 3.57. The van der Waals surface area contributed by atoms with Crippen LogP contribution in [0.25, 0.3) is 0 Å². The Morgan fingerprint density at radius 2 is 1.53 bits per heavy atom. The molecule has 0 bridgehead atoms. The van der Waals surface area contributed by atoms with Crippen LogP contribution >= 0.6 is 31.9 Å². The number of alkyl halides is 2. The van der Waals surface area contributed by atoms with E-state index in [1.165, 1.54) is 25.7 Å². The number of hydrogen-bond donors (Lipinski definition) is 0. The topological polar surface area (TPSA) is 0 Å². The summed E-state index contributed by atoms with van der Waals surface area (Å²) in [4.78, 5) is 0. The molecule has 2 rings (SSSR count). The lowest BCUT2D eigenvalue weighted by Crippen LogP contribution is -2.23. The minimum atomic E-state index is 0.804. The first-order valence-electron chi connectivity index (χ1n) is 6.52. The standard InChI is InChI=1S/C15H20Br2/c16-10-15(11-17)14-8-6-13(7-9-14)12-4-2-1-3-5-12/h1-5,13-15H,6-11H2. The third-order valence-electron chi connectivity index (χ3n) is 4.11. The SMILES string of the molecule is BrCC(CBr)C1CCC(c2ccccc2)CC1. The molecular weight excluding hydrogens is 340 g/mol. The summed E-state index contributed by atoms with van der Waals surface area (Å²) in [6.45, 7) is 0. The van der Waals surface area contributed by atoms with Crippen LogP contribution in [0.4, 0.5) is 0 Å². The Bertz CT molecular complexity index is 311. The van der Waals surface area contributed by atoms with Crippen molar-refractivity contribution in [1.82, 2.24) is 0 Å². The van der Waals surface area contributed by atoms with Crippen molar-refractivity contribution < 1.29 is 0 Å². The Morgan fingerprint density at radius 1 is 0.941 bits per heavy atom. The summed E-state index contributed by atoms with van der Waals surface area (Å²) >= 11 is 7.28. The van der Waals surface area contributed by atoms with Crippen molar-refractivity contribution in [3.63, 3.8) is 0 Å². The Kier molecular flexibility index (Phi) is 5.55. The van der Waals surface area contributed by atoms with Gasteiger partial charge in [0.25, 0.3) is 0 Å². The van der Waals surface area contributed by atoms with Gasteiger partial charge < -0.3 is 0 Å². The van der Waals surface area contributed by atoms with Crippen molar-refractivity contribution >= 4 is 31.9 Å². The maximum absolute atomic E-state index is 3.64. The first kappa shape index (κ1) is 13.6. The van der Waals surface area contributed by atoms with Gasteiger partial charge in [0.1, 0.15) is 0 Å². The molecule has 0 heterocycles. The summed E-state index contributed by atoms with van der Waals surface area (Å²) in [6, 6.07) is 11.0. The summed E-state index contributed by atoms with van der Waals surface area (Å²) in [7, 11) is 0. The molecule has 0 radical (unpaired) electrons. The summed E-state index contributed by atoms with van der Waals surface area (Å²) in [5, 5.41) is 2.28. The molecule has 1 aliphatic rings. The van der Waals surface area contributed by atoms with Gasteiger partial charge in [-0.25, -0.2) is 0 Å². The van der Waals surface area contributed by atoms with E-state index in [9.17, 15) is 0 Å². The van der Waals surface area contributed by atoms with Gasteiger partial charge in [0.15, 0.2) is 0 Å². The molecule has 17 heavy (non-hydrogen) atoms. The molecule has 0 aromatic heterocycles. The van der Waals surface area contributed by atoms with Crippen molar-refractivity contribution in [3.8, 4) is 0 Å². The first-order chi connectivity index (χ1) is 8.35. The fourth-order valence-corrected chi connectivity index (χ4v) is 5.07. The fraction of sp³-hybridized carbons (Fsp3) is 0.600. The van der Waals surface area contributed by atoms with Crippen LogP contribution < -0.4 is 0 Å². The molecular formula is C15H20Br2. The van der Waals surface area contributed by atoms with Crippen LogP contribution in [0.5, 0.6) is 0 Å². The predicted octanol–water partition coefficient (Wildman–Crippen LogP) is 5.37. The Balaban J connectivity index is 1.90. The van der Waals surface area contributed by atoms with E-state index < -0.39 is 0 Å². The highest BCUT2D eigenvalue weighted by Crippen LogP contribution is 2.39. The van der Waals surface area contributed by atoms with Gasteiger partial charge >= 0.3 is 0 Å². The van der Waals surface area contributed by atoms with E-state index in [1.54, 1.807) is 5.56 Å². The van der Waals surface area contributed by atoms with E-state index in [4.69, 9.17) is 0 Å². The Labute approximate surface area is 121 Å². The highest BCUT2D eigenvalue weighted by atomic mass is 79.9. The van der Waals surface area contributed by atoms with Crippen LogP contribution in [-0.2, 0) is 0 Å². The largest absolute Gasteiger partial charge is 0.0925 e. The molecule has 0 spiro atoms. The van der Waals surface area contributed by atoms with E-state index in [0.29, 0.717) is 0 Å². The molecule has 1 aromatic rings. The van der Waals surface area contributed by atoms with E-state index in [-0.39, 0.29) is 0 Å². The van der Waals surface area contributed by atoms with Gasteiger partial charge in [0.2, 0.25) is 0 Å². The molecule has 1 fully saturated rings. The summed E-state index contributed by atoms with van der Waals surface area (Å²) in [5.74, 6) is 2.53. The monoisotopic (exact) mass is 358 g/mol. The van der Waals surface area contributed by atoms with Crippen LogP contribution in [0, 0.1) is 11.8 Å². The van der Waals surface area contributed by atoms with Crippen LogP contribution in [-0.4, -0.2) is 10.7 Å². The highest BCUT2D eigenvalue weighted by molar-refractivity contribution is 9.09. The van der Waals surface area contributed by atoms with Crippen molar-refractivity contribution in [3.05, 3.63) is 35.9 Å². The maximum Gasteiger partial charge on any atom is 0.00703 e. The average Bonchev–Trinajstić information content (AvgIpc) is 2.42. The smallest absolute Gasteiger partial charge is 0.00703 e. The van der Waals surface area contributed by atoms with Gasteiger partial charge in [-0.15, -0.1) is 0 Å². The molecule has 1 aliphatic carbocycles. The van der Waals surface area contributed by atoms with Crippen molar-refractivity contribution in [2.75, 3.05) is 10.7 Å². The van der Waals surface area contributed by atoms with Gasteiger partial charge in [0, 0.05) is 10.7 Å². The van der Waals surface area contributed by atoms with E-state index in [1.807, 2.05) is 0 Å². The van der Waals surface area contributed by atoms with E-state index >= 15 is 0 Å². The second kappa shape index (κ2) is 6.94. The lowest BCUT2D eigenvalue weighted by Gasteiger charge is -2.32. The van der Waals surface area contributed by atoms with E-state index in [2.05, 4.69) is 62.2 Å². The number of rotatable bonds is 4. The molecule has 0 saturated heterocycles. The predicted molar refractivity (Wildman–Crippen MR) is 82.2 cm³/mol. The second-order valence-corrected chi connectivity index (χ2v) is 6.39. The van der Waals surface area contributed by atoms with E-state index in [0.717, 1.165) is 28.4 Å². The lowest BCUT2D eigenvalue weighted by atomic mass is 9.75. The van der Waals surface area contributed by atoms with Crippen LogP contribution in [0.2, 0.25) is 0 Å². The van der Waals surface area contributed by atoms with Crippen LogP contribution in [0.15, 0.2) is 30.3 Å². The van der Waals surface area contributed by atoms with Gasteiger partial charge in [-0.05, 0) is 49.0 Å². The van der Waals surface area contributed by atoms with Gasteiger partial charge in [-0.2, -0.15) is 0 Å². The van der Waals surface area contributed by atoms with Crippen molar-refractivity contribution in [1.29, 1.82) is 0 Å². The molecule has 0 amide bonds. The normalized spacial score (nSPS) is 25.1. The third-order valence-corrected chi connectivity index (χ3v) is 5.77. The zero-order valence-corrected chi connectivity index (χ0v) is 13.3. The minimum absolute atomic E-state index is 0.804. The van der Waals surface area contributed by atoms with Crippen molar-refractivity contribution in [2.24, 2.45) is 11.8 Å². The van der Waals surface area contributed by atoms with Gasteiger partial charge in [-0.1, -0.05) is 62.2 Å². The number of halogens is 2. The van der Waals surface area contributed by atoms with Crippen LogP contribution in [0.3, 0.4) is 0 Å². The highest BCUT2D eigenvalue weighted by Gasteiger charge is 2.26. The Hall–Kier alpha value is 0.180. The van der Waals surface area contributed by atoms with Crippen molar-refractivity contribution in [2.45, 2.75) is 31.6 Å². The molecule has 0 aliphatic heterocycles. The molecule has 1 saturated carbocycles. The quantitative estimate of drug-likeness (QED) is 0.634. The van der Waals surface area contributed by atoms with Gasteiger partial charge in [0.05, 0.1) is 0 Å². The van der Waals surface area contributed by atoms with Gasteiger partial charge in [-0.3, -0.25) is 0 Å². The minimum Gasteiger partial charge on any atom is -0.0925 e.